The molecular weight excluding hydrogens is 431 g/mol. The highest BCUT2D eigenvalue weighted by Crippen LogP contribution is 2.66. The van der Waals surface area contributed by atoms with Gasteiger partial charge in [-0.05, 0) is 113 Å². The Hall–Kier alpha value is -0.400. The lowest BCUT2D eigenvalue weighted by Gasteiger charge is -2.62. The smallest absolute Gasteiger partial charge is 0.151 e. The van der Waals surface area contributed by atoms with E-state index in [0.717, 1.165) is 86.9 Å². The van der Waals surface area contributed by atoms with Crippen LogP contribution in [0.5, 0.6) is 0 Å². The van der Waals surface area contributed by atoms with Crippen LogP contribution in [0.15, 0.2) is 0 Å². The molecule has 0 unspecified atom stereocenters. The summed E-state index contributed by atoms with van der Waals surface area (Å²) in [5.74, 6) is 5.53. The highest BCUT2D eigenvalue weighted by Gasteiger charge is 2.71. The van der Waals surface area contributed by atoms with Crippen molar-refractivity contribution in [2.75, 3.05) is 0 Å². The van der Waals surface area contributed by atoms with Crippen LogP contribution in [0, 0.1) is 46.3 Å². The van der Waals surface area contributed by atoms with Gasteiger partial charge in [-0.1, -0.05) is 71.6 Å². The third kappa shape index (κ3) is 4.92. The third-order valence-electron chi connectivity index (χ3n) is 12.6. The molecule has 200 valence electrons. The molecule has 2 spiro atoms. The fourth-order valence-electron chi connectivity index (χ4n) is 10.1. The van der Waals surface area contributed by atoms with Gasteiger partial charge in [-0.25, -0.2) is 4.39 Å². The zero-order valence-electron chi connectivity index (χ0n) is 23.2. The van der Waals surface area contributed by atoms with E-state index in [9.17, 15) is 4.79 Å². The maximum atomic E-state index is 16.1. The lowest BCUT2D eigenvalue weighted by Crippen LogP contribution is -2.69. The van der Waals surface area contributed by atoms with Gasteiger partial charge in [-0.2, -0.15) is 0 Å². The summed E-state index contributed by atoms with van der Waals surface area (Å²) in [4.78, 5) is 13.7. The Labute approximate surface area is 216 Å². The van der Waals surface area contributed by atoms with E-state index < -0.39 is 17.0 Å². The molecule has 1 atom stereocenters. The molecule has 35 heavy (non-hydrogen) atoms. The molecule has 5 fully saturated rings. The van der Waals surface area contributed by atoms with Gasteiger partial charge >= 0.3 is 0 Å². The minimum absolute atomic E-state index is 0.378. The second-order valence-corrected chi connectivity index (χ2v) is 14.1. The van der Waals surface area contributed by atoms with Gasteiger partial charge in [0.2, 0.25) is 0 Å². The molecule has 0 aliphatic heterocycles. The highest BCUT2D eigenvalue weighted by atomic mass is 19.1. The molecular formula is C33H55FO. The average molecular weight is 487 g/mol. The number of carbonyl (C=O) groups is 1. The van der Waals surface area contributed by atoms with Crippen molar-refractivity contribution in [3.8, 4) is 0 Å². The van der Waals surface area contributed by atoms with Crippen LogP contribution in [0.1, 0.15) is 149 Å². The molecule has 0 aromatic heterocycles. The van der Waals surface area contributed by atoms with E-state index in [-0.39, 0.29) is 0 Å². The number of hydrogen-bond donors (Lipinski definition) is 0. The summed E-state index contributed by atoms with van der Waals surface area (Å²) < 4.78 is 16.1. The van der Waals surface area contributed by atoms with Crippen molar-refractivity contribution in [2.24, 2.45) is 46.3 Å². The highest BCUT2D eigenvalue weighted by molar-refractivity contribution is 5.98. The van der Waals surface area contributed by atoms with Crippen molar-refractivity contribution < 1.29 is 9.18 Å². The first-order valence-corrected chi connectivity index (χ1v) is 16.2. The second-order valence-electron chi connectivity index (χ2n) is 14.1. The van der Waals surface area contributed by atoms with Gasteiger partial charge < -0.3 is 0 Å². The summed E-state index contributed by atoms with van der Waals surface area (Å²) in [5.41, 5.74) is -1.14. The van der Waals surface area contributed by atoms with Crippen LogP contribution in [0.25, 0.3) is 0 Å². The van der Waals surface area contributed by atoms with Crippen LogP contribution < -0.4 is 0 Å². The zero-order chi connectivity index (χ0) is 24.5. The number of hydrogen-bond acceptors (Lipinski definition) is 1. The summed E-state index contributed by atoms with van der Waals surface area (Å²) in [5, 5.41) is 0. The van der Waals surface area contributed by atoms with Gasteiger partial charge in [0.1, 0.15) is 6.17 Å². The molecule has 0 aromatic carbocycles. The van der Waals surface area contributed by atoms with Gasteiger partial charge in [0.05, 0.1) is 10.8 Å². The van der Waals surface area contributed by atoms with Crippen LogP contribution in [0.2, 0.25) is 0 Å². The van der Waals surface area contributed by atoms with Crippen molar-refractivity contribution in [3.63, 3.8) is 0 Å². The van der Waals surface area contributed by atoms with Crippen molar-refractivity contribution in [2.45, 2.75) is 155 Å². The monoisotopic (exact) mass is 486 g/mol. The number of Topliss-reactive ketones (excluding diaryl/α,β-unsaturated/α-hetero) is 1. The molecule has 0 saturated heterocycles. The Morgan fingerprint density at radius 3 is 1.46 bits per heavy atom. The maximum Gasteiger partial charge on any atom is 0.151 e. The molecule has 0 amide bonds. The molecule has 0 aromatic rings. The number of ketones is 1. The van der Waals surface area contributed by atoms with Crippen molar-refractivity contribution in [1.82, 2.24) is 0 Å². The first kappa shape index (κ1) is 26.2. The van der Waals surface area contributed by atoms with Gasteiger partial charge in [0, 0.05) is 0 Å². The number of halogens is 1. The van der Waals surface area contributed by atoms with Gasteiger partial charge in [0.25, 0.3) is 0 Å². The minimum atomic E-state index is -0.838. The topological polar surface area (TPSA) is 17.1 Å². The molecule has 2 heteroatoms. The van der Waals surface area contributed by atoms with E-state index in [1.807, 2.05) is 0 Å². The summed E-state index contributed by atoms with van der Waals surface area (Å²) in [7, 11) is 0. The third-order valence-corrected chi connectivity index (χ3v) is 12.6. The van der Waals surface area contributed by atoms with E-state index in [2.05, 4.69) is 13.8 Å². The van der Waals surface area contributed by atoms with Crippen LogP contribution >= 0.6 is 0 Å². The summed E-state index contributed by atoms with van der Waals surface area (Å²) in [6, 6.07) is 0. The minimum Gasteiger partial charge on any atom is -0.298 e. The molecule has 1 nitrogen and oxygen atoms in total. The normalized spacial score (nSPS) is 46.6. The molecule has 5 aliphatic rings. The summed E-state index contributed by atoms with van der Waals surface area (Å²) in [6.07, 6.45) is 25.2. The summed E-state index contributed by atoms with van der Waals surface area (Å²) >= 11 is 0. The van der Waals surface area contributed by atoms with Crippen LogP contribution in [-0.2, 0) is 4.79 Å². The molecule has 0 heterocycles. The Bertz CT molecular complexity index is 682. The van der Waals surface area contributed by atoms with E-state index in [4.69, 9.17) is 0 Å². The van der Waals surface area contributed by atoms with E-state index in [1.165, 1.54) is 83.5 Å². The fraction of sp³-hybridized carbons (Fsp3) is 0.970. The molecule has 5 saturated carbocycles. The first-order chi connectivity index (χ1) is 17.0. The average Bonchev–Trinajstić information content (AvgIpc) is 2.93. The molecule has 0 bridgehead atoms. The zero-order valence-corrected chi connectivity index (χ0v) is 23.2. The van der Waals surface area contributed by atoms with Crippen LogP contribution in [0.3, 0.4) is 0 Å². The molecule has 0 radical (unpaired) electrons. The molecule has 5 aliphatic carbocycles. The van der Waals surface area contributed by atoms with E-state index in [0.29, 0.717) is 5.78 Å². The number of carbonyl (C=O) groups excluding carboxylic acids is 1. The second kappa shape index (κ2) is 11.1. The largest absolute Gasteiger partial charge is 0.298 e. The summed E-state index contributed by atoms with van der Waals surface area (Å²) in [6.45, 7) is 4.63. The Kier molecular flexibility index (Phi) is 8.35. The number of rotatable bonds is 7. The Morgan fingerprint density at radius 1 is 0.629 bits per heavy atom. The van der Waals surface area contributed by atoms with Gasteiger partial charge in [-0.15, -0.1) is 0 Å². The predicted molar refractivity (Wildman–Crippen MR) is 144 cm³/mol. The van der Waals surface area contributed by atoms with Crippen molar-refractivity contribution in [3.05, 3.63) is 0 Å². The van der Waals surface area contributed by atoms with Crippen LogP contribution in [0.4, 0.5) is 4.39 Å². The van der Waals surface area contributed by atoms with Gasteiger partial charge in [0.15, 0.2) is 5.78 Å². The predicted octanol–water partition coefficient (Wildman–Crippen LogP) is 9.86. The fourth-order valence-corrected chi connectivity index (χ4v) is 10.1. The van der Waals surface area contributed by atoms with E-state index in [1.54, 1.807) is 0 Å². The SMILES string of the molecule is CCCCCC1CCC(C2CC[C@]3(CC2)C(=O)[C@@]2(CCC(C4CCC(CC)CC4)CC2)[C@@H]3F)CC1. The Balaban J connectivity index is 1.08. The number of unbranched alkanes of at least 4 members (excludes halogenated alkanes) is 2. The molecule has 5 rings (SSSR count). The van der Waals surface area contributed by atoms with E-state index >= 15 is 4.39 Å². The maximum absolute atomic E-state index is 16.1. The van der Waals surface area contributed by atoms with Crippen molar-refractivity contribution >= 4 is 5.78 Å². The quantitative estimate of drug-likeness (QED) is 0.327. The standard InChI is InChI=1S/C33H55FO/c1-3-5-6-7-25-10-14-27(15-11-25)29-18-22-33(23-19-29)30(34)32(31(33)35)20-16-28(17-21-32)26-12-8-24(4-2)9-13-26/h24-30H,3-23H2,1-2H3/t24?,25?,26?,27?,28?,29?,30-,32-,33-/m0/s1. The number of alkyl halides is 1. The Morgan fingerprint density at radius 2 is 1.06 bits per heavy atom. The van der Waals surface area contributed by atoms with Crippen LogP contribution in [-0.4, -0.2) is 12.0 Å². The lowest BCUT2D eigenvalue weighted by atomic mass is 9.41. The lowest BCUT2D eigenvalue weighted by molar-refractivity contribution is -0.194. The first-order valence-electron chi connectivity index (χ1n) is 16.2. The molecule has 0 N–H and O–H groups in total. The van der Waals surface area contributed by atoms with Gasteiger partial charge in [-0.3, -0.25) is 4.79 Å². The van der Waals surface area contributed by atoms with Crippen molar-refractivity contribution in [1.29, 1.82) is 0 Å².